The van der Waals surface area contributed by atoms with E-state index in [2.05, 4.69) is 4.74 Å². The van der Waals surface area contributed by atoms with Crippen LogP contribution < -0.4 is 5.73 Å². The molecule has 0 aliphatic rings. The highest BCUT2D eigenvalue weighted by atomic mass is 32.2. The minimum Gasteiger partial charge on any atom is -0.469 e. The number of ether oxygens (including phenoxy) is 1. The maximum atomic E-state index is 13.0. The van der Waals surface area contributed by atoms with E-state index in [0.717, 1.165) is 10.6 Å². The predicted molar refractivity (Wildman–Crippen MR) is 62.8 cm³/mol. The van der Waals surface area contributed by atoms with Gasteiger partial charge in [-0.15, -0.1) is 11.8 Å². The summed E-state index contributed by atoms with van der Waals surface area (Å²) in [5.41, 5.74) is 5.92. The summed E-state index contributed by atoms with van der Waals surface area (Å²) < 4.78 is 17.5. The number of esters is 1. The zero-order valence-corrected chi connectivity index (χ0v) is 9.85. The van der Waals surface area contributed by atoms with Crippen molar-refractivity contribution >= 4 is 23.4 Å². The molecule has 1 aromatic carbocycles. The van der Waals surface area contributed by atoms with Crippen LogP contribution in [0.5, 0.6) is 0 Å². The van der Waals surface area contributed by atoms with Gasteiger partial charge in [-0.3, -0.25) is 4.79 Å². The Morgan fingerprint density at radius 3 is 2.88 bits per heavy atom. The summed E-state index contributed by atoms with van der Waals surface area (Å²) in [6.07, 6.45) is 1.09. The molecule has 0 aliphatic heterocycles. The average molecular weight is 243 g/mol. The summed E-state index contributed by atoms with van der Waals surface area (Å²) in [5, 5.41) is 0. The van der Waals surface area contributed by atoms with Crippen molar-refractivity contribution in [1.29, 1.82) is 0 Å². The van der Waals surface area contributed by atoms with Gasteiger partial charge in [-0.2, -0.15) is 0 Å². The number of carbonyl (C=O) groups excluding carboxylic acids is 1. The van der Waals surface area contributed by atoms with Gasteiger partial charge < -0.3 is 10.5 Å². The highest BCUT2D eigenvalue weighted by Gasteiger charge is 2.02. The molecule has 5 heteroatoms. The summed E-state index contributed by atoms with van der Waals surface area (Å²) in [7, 11) is 1.36. The fraction of sp³-hybridized carbons (Fsp3) is 0.364. The van der Waals surface area contributed by atoms with Crippen LogP contribution in [0.2, 0.25) is 0 Å². The first kappa shape index (κ1) is 12.8. The van der Waals surface area contributed by atoms with Crippen LogP contribution in [0, 0.1) is 5.82 Å². The van der Waals surface area contributed by atoms with E-state index in [-0.39, 0.29) is 11.8 Å². The number of hydrogen-bond acceptors (Lipinski definition) is 4. The number of methoxy groups -OCH3 is 1. The lowest BCUT2D eigenvalue weighted by Gasteiger charge is -2.03. The molecular formula is C11H14FNO2S. The normalized spacial score (nSPS) is 10.1. The van der Waals surface area contributed by atoms with Gasteiger partial charge in [0.05, 0.1) is 7.11 Å². The Morgan fingerprint density at radius 2 is 2.25 bits per heavy atom. The molecule has 1 aromatic rings. The zero-order chi connectivity index (χ0) is 12.0. The second-order valence-electron chi connectivity index (χ2n) is 3.25. The molecule has 88 valence electrons. The number of anilines is 1. The quantitative estimate of drug-likeness (QED) is 0.373. The Morgan fingerprint density at radius 1 is 1.50 bits per heavy atom. The van der Waals surface area contributed by atoms with Crippen molar-refractivity contribution in [3.63, 3.8) is 0 Å². The number of hydrogen-bond donors (Lipinski definition) is 1. The maximum absolute atomic E-state index is 13.0. The first-order valence-corrected chi connectivity index (χ1v) is 5.86. The Labute approximate surface area is 98.2 Å². The summed E-state index contributed by atoms with van der Waals surface area (Å²) >= 11 is 1.47. The molecule has 0 atom stereocenters. The molecule has 0 spiro atoms. The van der Waals surface area contributed by atoms with E-state index in [1.54, 1.807) is 6.07 Å². The minimum atomic E-state index is -0.338. The Kier molecular flexibility index (Phi) is 5.11. The molecule has 2 N–H and O–H groups in total. The van der Waals surface area contributed by atoms with Crippen LogP contribution in [0.1, 0.15) is 12.8 Å². The topological polar surface area (TPSA) is 52.3 Å². The second kappa shape index (κ2) is 6.37. The molecule has 0 fully saturated rings. The van der Waals surface area contributed by atoms with Gasteiger partial charge in [-0.25, -0.2) is 4.39 Å². The number of halogens is 1. The number of thioether (sulfide) groups is 1. The molecule has 3 nitrogen and oxygen atoms in total. The minimum absolute atomic E-state index is 0.223. The first-order chi connectivity index (χ1) is 7.61. The summed E-state index contributed by atoms with van der Waals surface area (Å²) in [4.78, 5) is 11.6. The molecule has 0 amide bonds. The number of rotatable bonds is 5. The predicted octanol–water partition coefficient (Wildman–Crippen LogP) is 2.45. The lowest BCUT2D eigenvalue weighted by Crippen LogP contribution is -2.00. The molecule has 0 bridgehead atoms. The third-order valence-electron chi connectivity index (χ3n) is 1.92. The largest absolute Gasteiger partial charge is 0.469 e. The Bertz CT molecular complexity index is 351. The van der Waals surface area contributed by atoms with Gasteiger partial charge in [0.1, 0.15) is 5.82 Å². The van der Waals surface area contributed by atoms with Gasteiger partial charge in [-0.05, 0) is 30.4 Å². The SMILES string of the molecule is COC(=O)CCCSc1cc(N)cc(F)c1. The number of nitrogens with two attached hydrogens (primary N) is 1. The molecular weight excluding hydrogens is 229 g/mol. The van der Waals surface area contributed by atoms with Crippen molar-refractivity contribution in [2.24, 2.45) is 0 Å². The first-order valence-electron chi connectivity index (χ1n) is 4.87. The van der Waals surface area contributed by atoms with Crippen molar-refractivity contribution in [2.75, 3.05) is 18.6 Å². The summed E-state index contributed by atoms with van der Waals surface area (Å²) in [6.45, 7) is 0. The van der Waals surface area contributed by atoms with Gasteiger partial charge >= 0.3 is 5.97 Å². The number of carbonyl (C=O) groups is 1. The smallest absolute Gasteiger partial charge is 0.305 e. The molecule has 0 aliphatic carbocycles. The summed E-state index contributed by atoms with van der Waals surface area (Å²) in [5.74, 6) is 0.174. The average Bonchev–Trinajstić information content (AvgIpc) is 2.22. The van der Waals surface area contributed by atoms with Crippen molar-refractivity contribution in [2.45, 2.75) is 17.7 Å². The summed E-state index contributed by atoms with van der Waals surface area (Å²) in [6, 6.07) is 4.42. The highest BCUT2D eigenvalue weighted by Crippen LogP contribution is 2.23. The van der Waals surface area contributed by atoms with Crippen LogP contribution in [0.15, 0.2) is 23.1 Å². The second-order valence-corrected chi connectivity index (χ2v) is 4.42. The molecule has 16 heavy (non-hydrogen) atoms. The lowest BCUT2D eigenvalue weighted by atomic mass is 10.3. The molecule has 1 rings (SSSR count). The standard InChI is InChI=1S/C11H14FNO2S/c1-15-11(14)3-2-4-16-10-6-8(12)5-9(13)7-10/h5-7H,2-4,13H2,1H3. The fourth-order valence-electron chi connectivity index (χ4n) is 1.18. The molecule has 0 heterocycles. The van der Waals surface area contributed by atoms with Crippen molar-refractivity contribution in [1.82, 2.24) is 0 Å². The van der Waals surface area contributed by atoms with Crippen LogP contribution in [0.3, 0.4) is 0 Å². The molecule has 0 saturated carbocycles. The van der Waals surface area contributed by atoms with Gasteiger partial charge in [0, 0.05) is 17.0 Å². The lowest BCUT2D eigenvalue weighted by molar-refractivity contribution is -0.140. The van der Waals surface area contributed by atoms with E-state index in [4.69, 9.17) is 5.73 Å². The molecule has 0 saturated heterocycles. The number of benzene rings is 1. The van der Waals surface area contributed by atoms with Gasteiger partial charge in [0.2, 0.25) is 0 Å². The van der Waals surface area contributed by atoms with Crippen LogP contribution in [0.4, 0.5) is 10.1 Å². The van der Waals surface area contributed by atoms with E-state index in [1.165, 1.54) is 31.0 Å². The third-order valence-corrected chi connectivity index (χ3v) is 2.98. The molecule has 0 aromatic heterocycles. The van der Waals surface area contributed by atoms with Gasteiger partial charge in [0.25, 0.3) is 0 Å². The van der Waals surface area contributed by atoms with Crippen LogP contribution in [-0.4, -0.2) is 18.8 Å². The highest BCUT2D eigenvalue weighted by molar-refractivity contribution is 7.99. The van der Waals surface area contributed by atoms with E-state index in [1.807, 2.05) is 0 Å². The van der Waals surface area contributed by atoms with Crippen LogP contribution >= 0.6 is 11.8 Å². The Hall–Kier alpha value is -1.23. The van der Waals surface area contributed by atoms with E-state index in [0.29, 0.717) is 18.5 Å². The van der Waals surface area contributed by atoms with Crippen LogP contribution in [0.25, 0.3) is 0 Å². The van der Waals surface area contributed by atoms with Gasteiger partial charge in [0.15, 0.2) is 0 Å². The van der Waals surface area contributed by atoms with E-state index < -0.39 is 0 Å². The maximum Gasteiger partial charge on any atom is 0.305 e. The molecule has 0 radical (unpaired) electrons. The van der Waals surface area contributed by atoms with Crippen molar-refractivity contribution in [3.05, 3.63) is 24.0 Å². The molecule has 0 unspecified atom stereocenters. The monoisotopic (exact) mass is 243 g/mol. The number of nitrogen functional groups attached to an aromatic ring is 1. The van der Waals surface area contributed by atoms with Crippen LogP contribution in [-0.2, 0) is 9.53 Å². The van der Waals surface area contributed by atoms with Gasteiger partial charge in [-0.1, -0.05) is 0 Å². The van der Waals surface area contributed by atoms with E-state index >= 15 is 0 Å². The van der Waals surface area contributed by atoms with Crippen molar-refractivity contribution < 1.29 is 13.9 Å². The van der Waals surface area contributed by atoms with Crippen molar-refractivity contribution in [3.8, 4) is 0 Å². The Balaban J connectivity index is 2.34. The zero-order valence-electron chi connectivity index (χ0n) is 9.03. The van der Waals surface area contributed by atoms with E-state index in [9.17, 15) is 9.18 Å². The fourth-order valence-corrected chi connectivity index (χ4v) is 2.12. The third kappa shape index (κ3) is 4.53.